The number of anilines is 4. The molecule has 0 radical (unpaired) electrons. The van der Waals surface area contributed by atoms with Gasteiger partial charge in [-0.15, -0.1) is 0 Å². The predicted molar refractivity (Wildman–Crippen MR) is 115 cm³/mol. The molecule has 3 rings (SSSR count). The molecule has 2 N–H and O–H groups in total. The van der Waals surface area contributed by atoms with E-state index in [4.69, 9.17) is 14.2 Å². The molecule has 3 aromatic rings. The van der Waals surface area contributed by atoms with E-state index in [1.54, 1.807) is 39.7 Å². The van der Waals surface area contributed by atoms with Crippen LogP contribution in [0.2, 0.25) is 0 Å². The van der Waals surface area contributed by atoms with Crippen molar-refractivity contribution in [3.63, 3.8) is 0 Å². The second-order valence-electron chi connectivity index (χ2n) is 6.67. The number of hydrogen-bond acceptors (Lipinski definition) is 7. The summed E-state index contributed by atoms with van der Waals surface area (Å²) in [6, 6.07) is 13.6. The van der Waals surface area contributed by atoms with Gasteiger partial charge in [0.1, 0.15) is 5.82 Å². The number of rotatable bonds is 8. The summed E-state index contributed by atoms with van der Waals surface area (Å²) in [7, 11) is 4.73. The van der Waals surface area contributed by atoms with Gasteiger partial charge in [0.05, 0.1) is 21.3 Å². The van der Waals surface area contributed by atoms with Crippen LogP contribution < -0.4 is 24.8 Å². The van der Waals surface area contributed by atoms with Gasteiger partial charge in [0.2, 0.25) is 11.7 Å². The van der Waals surface area contributed by atoms with Crippen molar-refractivity contribution in [2.75, 3.05) is 32.0 Å². The van der Waals surface area contributed by atoms with Gasteiger partial charge >= 0.3 is 0 Å². The Hall–Kier alpha value is -3.48. The standard InChI is InChI=1S/C22H26N4O3/c1-14(2)16-8-6-7-9-17(16)25-20-10-11-23-22(26-20)24-15-12-18(27-3)21(29-5)19(13-15)28-4/h6-14H,1-5H3,(H2,23,24,25,26). The Morgan fingerprint density at radius 3 is 2.17 bits per heavy atom. The van der Waals surface area contributed by atoms with Crippen molar-refractivity contribution in [3.05, 3.63) is 54.2 Å². The lowest BCUT2D eigenvalue weighted by atomic mass is 10.0. The zero-order valence-electron chi connectivity index (χ0n) is 17.3. The number of hydrogen-bond donors (Lipinski definition) is 2. The fourth-order valence-corrected chi connectivity index (χ4v) is 3.02. The molecule has 0 bridgehead atoms. The molecule has 29 heavy (non-hydrogen) atoms. The Morgan fingerprint density at radius 1 is 0.862 bits per heavy atom. The van der Waals surface area contributed by atoms with E-state index in [0.717, 1.165) is 11.4 Å². The molecule has 1 heterocycles. The minimum Gasteiger partial charge on any atom is -0.493 e. The van der Waals surface area contributed by atoms with Gasteiger partial charge < -0.3 is 24.8 Å². The first-order chi connectivity index (χ1) is 14.0. The van der Waals surface area contributed by atoms with Crippen molar-refractivity contribution in [3.8, 4) is 17.2 Å². The van der Waals surface area contributed by atoms with Gasteiger partial charge in [0, 0.05) is 29.7 Å². The van der Waals surface area contributed by atoms with Crippen LogP contribution in [0.3, 0.4) is 0 Å². The maximum atomic E-state index is 5.40. The lowest BCUT2D eigenvalue weighted by Crippen LogP contribution is -2.03. The molecule has 0 unspecified atom stereocenters. The molecule has 2 aromatic carbocycles. The Morgan fingerprint density at radius 2 is 1.55 bits per heavy atom. The number of benzene rings is 2. The van der Waals surface area contributed by atoms with Crippen LogP contribution in [0.15, 0.2) is 48.7 Å². The molecule has 7 nitrogen and oxygen atoms in total. The smallest absolute Gasteiger partial charge is 0.229 e. The zero-order valence-corrected chi connectivity index (χ0v) is 17.3. The molecule has 152 valence electrons. The summed E-state index contributed by atoms with van der Waals surface area (Å²) in [6.07, 6.45) is 1.70. The molecule has 0 saturated carbocycles. The summed E-state index contributed by atoms with van der Waals surface area (Å²) in [5.41, 5.74) is 2.98. The molecule has 0 atom stereocenters. The monoisotopic (exact) mass is 394 g/mol. The van der Waals surface area contributed by atoms with E-state index in [2.05, 4.69) is 40.5 Å². The van der Waals surface area contributed by atoms with Gasteiger partial charge in [-0.1, -0.05) is 32.0 Å². The maximum Gasteiger partial charge on any atom is 0.229 e. The summed E-state index contributed by atoms with van der Waals surface area (Å²) in [4.78, 5) is 8.88. The van der Waals surface area contributed by atoms with Crippen molar-refractivity contribution in [2.45, 2.75) is 19.8 Å². The molecule has 7 heteroatoms. The molecular formula is C22H26N4O3. The second kappa shape index (κ2) is 9.14. The van der Waals surface area contributed by atoms with E-state index < -0.39 is 0 Å². The lowest BCUT2D eigenvalue weighted by Gasteiger charge is -2.16. The molecule has 0 aliphatic carbocycles. The summed E-state index contributed by atoms with van der Waals surface area (Å²) in [5.74, 6) is 3.18. The average Bonchev–Trinajstić information content (AvgIpc) is 2.73. The van der Waals surface area contributed by atoms with Crippen molar-refractivity contribution < 1.29 is 14.2 Å². The summed E-state index contributed by atoms with van der Waals surface area (Å²) in [6.45, 7) is 4.33. The highest BCUT2D eigenvalue weighted by Gasteiger charge is 2.14. The van der Waals surface area contributed by atoms with E-state index in [1.807, 2.05) is 24.3 Å². The maximum absolute atomic E-state index is 5.40. The van der Waals surface area contributed by atoms with E-state index in [9.17, 15) is 0 Å². The van der Waals surface area contributed by atoms with E-state index >= 15 is 0 Å². The van der Waals surface area contributed by atoms with E-state index in [1.165, 1.54) is 5.56 Å². The predicted octanol–water partition coefficient (Wildman–Crippen LogP) is 5.11. The largest absolute Gasteiger partial charge is 0.493 e. The van der Waals surface area contributed by atoms with Gasteiger partial charge in [0.15, 0.2) is 11.5 Å². The minimum atomic E-state index is 0.400. The quantitative estimate of drug-likeness (QED) is 0.549. The lowest BCUT2D eigenvalue weighted by molar-refractivity contribution is 0.324. The van der Waals surface area contributed by atoms with Crippen molar-refractivity contribution in [1.82, 2.24) is 9.97 Å². The van der Waals surface area contributed by atoms with Crippen LogP contribution in [0.5, 0.6) is 17.2 Å². The second-order valence-corrected chi connectivity index (χ2v) is 6.67. The van der Waals surface area contributed by atoms with Gasteiger partial charge in [-0.25, -0.2) is 4.98 Å². The first-order valence-electron chi connectivity index (χ1n) is 9.31. The third kappa shape index (κ3) is 4.68. The van der Waals surface area contributed by atoms with Crippen LogP contribution in [-0.4, -0.2) is 31.3 Å². The molecule has 0 saturated heterocycles. The Kier molecular flexibility index (Phi) is 6.39. The average molecular weight is 394 g/mol. The summed E-state index contributed by atoms with van der Waals surface area (Å²) < 4.78 is 16.2. The van der Waals surface area contributed by atoms with Gasteiger partial charge in [-0.05, 0) is 23.6 Å². The number of methoxy groups -OCH3 is 3. The molecule has 0 spiro atoms. The van der Waals surface area contributed by atoms with E-state index in [0.29, 0.717) is 34.9 Å². The highest BCUT2D eigenvalue weighted by molar-refractivity contribution is 5.67. The topological polar surface area (TPSA) is 77.5 Å². The third-order valence-electron chi connectivity index (χ3n) is 4.42. The van der Waals surface area contributed by atoms with Crippen LogP contribution in [0.25, 0.3) is 0 Å². The van der Waals surface area contributed by atoms with Crippen LogP contribution >= 0.6 is 0 Å². The zero-order chi connectivity index (χ0) is 20.8. The van der Waals surface area contributed by atoms with Crippen LogP contribution in [-0.2, 0) is 0 Å². The number of ether oxygens (including phenoxy) is 3. The number of para-hydroxylation sites is 1. The van der Waals surface area contributed by atoms with Crippen molar-refractivity contribution in [2.24, 2.45) is 0 Å². The minimum absolute atomic E-state index is 0.400. The highest BCUT2D eigenvalue weighted by Crippen LogP contribution is 2.40. The molecular weight excluding hydrogens is 368 g/mol. The number of nitrogens with zero attached hydrogens (tertiary/aromatic N) is 2. The van der Waals surface area contributed by atoms with Crippen LogP contribution in [0, 0.1) is 0 Å². The van der Waals surface area contributed by atoms with Crippen LogP contribution in [0.1, 0.15) is 25.3 Å². The first-order valence-corrected chi connectivity index (χ1v) is 9.31. The van der Waals surface area contributed by atoms with Crippen molar-refractivity contribution in [1.29, 1.82) is 0 Å². The summed E-state index contributed by atoms with van der Waals surface area (Å²) >= 11 is 0. The summed E-state index contributed by atoms with van der Waals surface area (Å²) in [5, 5.41) is 6.57. The molecule has 0 aliphatic rings. The molecule has 1 aromatic heterocycles. The fourth-order valence-electron chi connectivity index (χ4n) is 3.02. The van der Waals surface area contributed by atoms with Gasteiger partial charge in [-0.2, -0.15) is 4.98 Å². The van der Waals surface area contributed by atoms with Gasteiger partial charge in [-0.3, -0.25) is 0 Å². The number of nitrogens with one attached hydrogen (secondary N) is 2. The fraction of sp³-hybridized carbons (Fsp3) is 0.273. The third-order valence-corrected chi connectivity index (χ3v) is 4.42. The number of aromatic nitrogens is 2. The van der Waals surface area contributed by atoms with E-state index in [-0.39, 0.29) is 0 Å². The highest BCUT2D eigenvalue weighted by atomic mass is 16.5. The van der Waals surface area contributed by atoms with Crippen LogP contribution in [0.4, 0.5) is 23.1 Å². The Balaban J connectivity index is 1.86. The first kappa shape index (κ1) is 20.3. The Labute approximate surface area is 171 Å². The molecule has 0 amide bonds. The Bertz CT molecular complexity index is 951. The molecule has 0 aliphatic heterocycles. The normalized spacial score (nSPS) is 10.6. The SMILES string of the molecule is COc1cc(Nc2nccc(Nc3ccccc3C(C)C)n2)cc(OC)c1OC. The molecule has 0 fully saturated rings. The van der Waals surface area contributed by atoms with Gasteiger partial charge in [0.25, 0.3) is 0 Å². The van der Waals surface area contributed by atoms with Crippen molar-refractivity contribution >= 4 is 23.1 Å².